The second kappa shape index (κ2) is 8.60. The highest BCUT2D eigenvalue weighted by atomic mass is 32.2. The normalized spacial score (nSPS) is 12.2. The fourth-order valence-electron chi connectivity index (χ4n) is 2.31. The van der Waals surface area contributed by atoms with Gasteiger partial charge in [0.15, 0.2) is 0 Å². The van der Waals surface area contributed by atoms with E-state index < -0.39 is 33.6 Å². The van der Waals surface area contributed by atoms with Gasteiger partial charge < -0.3 is 10.1 Å². The molecule has 2 aromatic carbocycles. The van der Waals surface area contributed by atoms with Crippen molar-refractivity contribution in [3.63, 3.8) is 0 Å². The average molecular weight is 393 g/mol. The summed E-state index contributed by atoms with van der Waals surface area (Å²) in [6.07, 6.45) is -0.542. The van der Waals surface area contributed by atoms with Crippen molar-refractivity contribution in [2.45, 2.75) is 17.9 Å². The van der Waals surface area contributed by atoms with E-state index in [0.717, 1.165) is 11.6 Å². The molecular formula is C17H19N3O6S. The van der Waals surface area contributed by atoms with Crippen molar-refractivity contribution in [2.24, 2.45) is 0 Å². The Morgan fingerprint density at radius 3 is 2.48 bits per heavy atom. The summed E-state index contributed by atoms with van der Waals surface area (Å²) in [5.74, 6) is -0.767. The number of esters is 1. The first kappa shape index (κ1) is 20.3. The summed E-state index contributed by atoms with van der Waals surface area (Å²) in [6, 6.07) is 12.4. The van der Waals surface area contributed by atoms with Crippen LogP contribution in [0.5, 0.6) is 0 Å². The van der Waals surface area contributed by atoms with Crippen molar-refractivity contribution >= 4 is 27.4 Å². The van der Waals surface area contributed by atoms with E-state index in [1.807, 2.05) is 6.07 Å². The number of nitrogens with one attached hydrogen (secondary N) is 2. The Kier molecular flexibility index (Phi) is 6.48. The van der Waals surface area contributed by atoms with Crippen LogP contribution in [-0.4, -0.2) is 32.9 Å². The quantitative estimate of drug-likeness (QED) is 0.400. The Balaban J connectivity index is 2.05. The van der Waals surface area contributed by atoms with Gasteiger partial charge in [0, 0.05) is 13.1 Å². The van der Waals surface area contributed by atoms with Gasteiger partial charge in [-0.1, -0.05) is 30.3 Å². The van der Waals surface area contributed by atoms with Crippen molar-refractivity contribution in [1.29, 1.82) is 0 Å². The monoisotopic (exact) mass is 393 g/mol. The number of hydrogen-bond acceptors (Lipinski definition) is 7. The van der Waals surface area contributed by atoms with Gasteiger partial charge in [-0.2, -0.15) is 4.72 Å². The summed E-state index contributed by atoms with van der Waals surface area (Å²) >= 11 is 0. The highest BCUT2D eigenvalue weighted by molar-refractivity contribution is 7.89. The van der Waals surface area contributed by atoms with Crippen LogP contribution in [0.2, 0.25) is 0 Å². The molecule has 2 rings (SSSR count). The first-order chi connectivity index (χ1) is 12.7. The number of hydrogen-bond donors (Lipinski definition) is 2. The number of nitro groups is 1. The Hall–Kier alpha value is -2.98. The van der Waals surface area contributed by atoms with Crippen LogP contribution in [0.25, 0.3) is 0 Å². The highest BCUT2D eigenvalue weighted by Gasteiger charge is 2.22. The molecule has 0 saturated heterocycles. The molecule has 10 heteroatoms. The number of nitrogens with zero attached hydrogens (tertiary/aromatic N) is 1. The van der Waals surface area contributed by atoms with Crippen LogP contribution in [0.15, 0.2) is 53.4 Å². The van der Waals surface area contributed by atoms with Gasteiger partial charge in [0.1, 0.15) is 18.3 Å². The van der Waals surface area contributed by atoms with E-state index in [1.165, 1.54) is 19.2 Å². The number of nitro benzene ring substituents is 1. The SMILES string of the molecule is CNc1ccc(S(=O)(=O)NCC(=O)OC(C)c2ccccc2)cc1[N+](=O)[O-]. The number of anilines is 1. The maximum Gasteiger partial charge on any atom is 0.321 e. The van der Waals surface area contributed by atoms with Crippen molar-refractivity contribution in [2.75, 3.05) is 18.9 Å². The predicted molar refractivity (Wildman–Crippen MR) is 98.8 cm³/mol. The zero-order chi connectivity index (χ0) is 20.0. The third kappa shape index (κ3) is 5.25. The summed E-state index contributed by atoms with van der Waals surface area (Å²) in [6.45, 7) is 1.07. The van der Waals surface area contributed by atoms with Crippen LogP contribution in [0, 0.1) is 10.1 Å². The Morgan fingerprint density at radius 1 is 1.22 bits per heavy atom. The first-order valence-corrected chi connectivity index (χ1v) is 9.43. The van der Waals surface area contributed by atoms with Gasteiger partial charge in [-0.05, 0) is 24.6 Å². The molecule has 0 aliphatic carbocycles. The number of carbonyl (C=O) groups excluding carboxylic acids is 1. The molecule has 144 valence electrons. The molecule has 2 N–H and O–H groups in total. The molecule has 0 aliphatic rings. The van der Waals surface area contributed by atoms with Crippen LogP contribution < -0.4 is 10.0 Å². The van der Waals surface area contributed by atoms with Gasteiger partial charge in [0.2, 0.25) is 10.0 Å². The lowest BCUT2D eigenvalue weighted by Crippen LogP contribution is -2.31. The van der Waals surface area contributed by atoms with Crippen LogP contribution in [0.3, 0.4) is 0 Å². The number of benzene rings is 2. The second-order valence-electron chi connectivity index (χ2n) is 5.55. The van der Waals surface area contributed by atoms with Gasteiger partial charge >= 0.3 is 5.97 Å². The molecule has 1 atom stereocenters. The fourth-order valence-corrected chi connectivity index (χ4v) is 3.30. The van der Waals surface area contributed by atoms with Gasteiger partial charge in [0.25, 0.3) is 5.69 Å². The third-order valence-electron chi connectivity index (χ3n) is 3.73. The van der Waals surface area contributed by atoms with Gasteiger partial charge in [-0.15, -0.1) is 0 Å². The maximum atomic E-state index is 12.3. The van der Waals surface area contributed by atoms with Gasteiger partial charge in [-0.25, -0.2) is 8.42 Å². The van der Waals surface area contributed by atoms with Crippen molar-refractivity contribution in [1.82, 2.24) is 4.72 Å². The lowest BCUT2D eigenvalue weighted by atomic mass is 10.1. The molecule has 27 heavy (non-hydrogen) atoms. The molecule has 0 aliphatic heterocycles. The maximum absolute atomic E-state index is 12.3. The summed E-state index contributed by atoms with van der Waals surface area (Å²) in [5, 5.41) is 13.7. The smallest absolute Gasteiger partial charge is 0.321 e. The molecule has 0 spiro atoms. The standard InChI is InChI=1S/C17H19N3O6S/c1-12(13-6-4-3-5-7-13)26-17(21)11-19-27(24,25)14-8-9-15(18-2)16(10-14)20(22)23/h3-10,12,18-19H,11H2,1-2H3. The van der Waals surface area contributed by atoms with Crippen LogP contribution in [0.4, 0.5) is 11.4 Å². The molecule has 1 unspecified atom stereocenters. The molecule has 0 saturated carbocycles. The number of ether oxygens (including phenoxy) is 1. The molecule has 0 aromatic heterocycles. The minimum absolute atomic E-state index is 0.176. The summed E-state index contributed by atoms with van der Waals surface area (Å²) < 4.78 is 31.9. The molecule has 9 nitrogen and oxygen atoms in total. The number of carbonyl (C=O) groups is 1. The molecule has 0 heterocycles. The summed E-state index contributed by atoms with van der Waals surface area (Å²) in [5.41, 5.74) is 0.558. The lowest BCUT2D eigenvalue weighted by Gasteiger charge is -2.14. The van der Waals surface area contributed by atoms with Crippen LogP contribution in [-0.2, 0) is 19.6 Å². The molecular weight excluding hydrogens is 374 g/mol. The van der Waals surface area contributed by atoms with E-state index in [-0.39, 0.29) is 16.3 Å². The fraction of sp³-hybridized carbons (Fsp3) is 0.235. The Labute approximate surface area is 156 Å². The lowest BCUT2D eigenvalue weighted by molar-refractivity contribution is -0.384. The van der Waals surface area contributed by atoms with Crippen molar-refractivity contribution in [3.8, 4) is 0 Å². The minimum atomic E-state index is -4.12. The Morgan fingerprint density at radius 2 is 1.89 bits per heavy atom. The molecule has 0 radical (unpaired) electrons. The van der Waals surface area contributed by atoms with Crippen molar-refractivity contribution < 1.29 is 22.9 Å². The van der Waals surface area contributed by atoms with Crippen LogP contribution in [0.1, 0.15) is 18.6 Å². The average Bonchev–Trinajstić information content (AvgIpc) is 2.66. The predicted octanol–water partition coefficient (Wildman–Crippen LogP) is 2.22. The zero-order valence-electron chi connectivity index (χ0n) is 14.7. The first-order valence-electron chi connectivity index (χ1n) is 7.95. The largest absolute Gasteiger partial charge is 0.457 e. The summed E-state index contributed by atoms with van der Waals surface area (Å²) in [4.78, 5) is 22.0. The zero-order valence-corrected chi connectivity index (χ0v) is 15.5. The van der Waals surface area contributed by atoms with Crippen LogP contribution >= 0.6 is 0 Å². The van der Waals surface area contributed by atoms with E-state index in [1.54, 1.807) is 31.2 Å². The Bertz CT molecular complexity index is 931. The van der Waals surface area contributed by atoms with E-state index >= 15 is 0 Å². The van der Waals surface area contributed by atoms with E-state index in [4.69, 9.17) is 4.74 Å². The highest BCUT2D eigenvalue weighted by Crippen LogP contribution is 2.27. The topological polar surface area (TPSA) is 128 Å². The van der Waals surface area contributed by atoms with E-state index in [9.17, 15) is 23.3 Å². The minimum Gasteiger partial charge on any atom is -0.457 e. The number of sulfonamides is 1. The molecule has 2 aromatic rings. The number of rotatable bonds is 8. The second-order valence-corrected chi connectivity index (χ2v) is 7.32. The van der Waals surface area contributed by atoms with E-state index in [2.05, 4.69) is 10.0 Å². The van der Waals surface area contributed by atoms with Crippen molar-refractivity contribution in [3.05, 3.63) is 64.2 Å². The molecule has 0 fully saturated rings. The third-order valence-corrected chi connectivity index (χ3v) is 5.13. The molecule has 0 amide bonds. The van der Waals surface area contributed by atoms with Gasteiger partial charge in [-0.3, -0.25) is 14.9 Å². The summed E-state index contributed by atoms with van der Waals surface area (Å²) in [7, 11) is -2.64. The van der Waals surface area contributed by atoms with E-state index in [0.29, 0.717) is 0 Å². The van der Waals surface area contributed by atoms with Gasteiger partial charge in [0.05, 0.1) is 9.82 Å². The molecule has 0 bridgehead atoms.